The molecule has 27 heavy (non-hydrogen) atoms. The molecule has 0 spiro atoms. The maximum absolute atomic E-state index is 13.7. The number of halogens is 2. The second-order valence-electron chi connectivity index (χ2n) is 7.01. The van der Waals surface area contributed by atoms with Gasteiger partial charge in [-0.05, 0) is 64.7 Å². The summed E-state index contributed by atoms with van der Waals surface area (Å²) < 4.78 is 20.0. The van der Waals surface area contributed by atoms with Crippen molar-refractivity contribution in [2.45, 2.75) is 25.5 Å². The van der Waals surface area contributed by atoms with Crippen molar-refractivity contribution in [2.75, 3.05) is 32.1 Å². The monoisotopic (exact) mass is 434 g/mol. The highest BCUT2D eigenvalue weighted by atomic mass is 79.9. The molecule has 0 aromatic heterocycles. The number of carbonyl (C=O) groups excluding carboxylic acids is 1. The third-order valence-electron chi connectivity index (χ3n) is 4.72. The lowest BCUT2D eigenvalue weighted by Crippen LogP contribution is -2.37. The molecule has 2 aromatic rings. The molecule has 1 unspecified atom stereocenters. The van der Waals surface area contributed by atoms with E-state index in [2.05, 4.69) is 15.9 Å². The molecule has 0 aliphatic carbocycles. The predicted molar refractivity (Wildman–Crippen MR) is 109 cm³/mol. The molecule has 0 bridgehead atoms. The normalized spacial score (nSPS) is 16.4. The number of hydrogen-bond donors (Lipinski definition) is 0. The molecule has 0 radical (unpaired) electrons. The molecular formula is C21H24BrFN2O2. The fourth-order valence-electron chi connectivity index (χ4n) is 3.21. The first kappa shape index (κ1) is 19.8. The Morgan fingerprint density at radius 3 is 2.59 bits per heavy atom. The summed E-state index contributed by atoms with van der Waals surface area (Å²) in [6, 6.07) is 12.3. The van der Waals surface area contributed by atoms with Gasteiger partial charge in [-0.3, -0.25) is 4.79 Å². The van der Waals surface area contributed by atoms with Crippen LogP contribution in [0, 0.1) is 5.82 Å². The van der Waals surface area contributed by atoms with E-state index in [0.717, 1.165) is 30.7 Å². The second kappa shape index (κ2) is 8.85. The molecule has 1 amide bonds. The van der Waals surface area contributed by atoms with Crippen molar-refractivity contribution in [3.63, 3.8) is 0 Å². The Labute approximate surface area is 168 Å². The van der Waals surface area contributed by atoms with Crippen molar-refractivity contribution < 1.29 is 13.9 Å². The van der Waals surface area contributed by atoms with E-state index in [1.807, 2.05) is 43.3 Å². The zero-order chi connectivity index (χ0) is 19.4. The van der Waals surface area contributed by atoms with E-state index in [1.165, 1.54) is 12.1 Å². The number of ether oxygens (including phenoxy) is 1. The number of amides is 1. The summed E-state index contributed by atoms with van der Waals surface area (Å²) in [5, 5.41) is 0. The van der Waals surface area contributed by atoms with Gasteiger partial charge in [-0.2, -0.15) is 0 Å². The minimum absolute atomic E-state index is 0.0299. The lowest BCUT2D eigenvalue weighted by molar-refractivity contribution is 0.0506. The van der Waals surface area contributed by atoms with Crippen LogP contribution in [0.25, 0.3) is 0 Å². The SMILES string of the molecule is CN(C)c1ccc(CN(CC2CCCO2)C(=O)c2cc(F)ccc2Br)cc1. The highest BCUT2D eigenvalue weighted by molar-refractivity contribution is 9.10. The first-order valence-electron chi connectivity index (χ1n) is 9.06. The zero-order valence-corrected chi connectivity index (χ0v) is 17.2. The van der Waals surface area contributed by atoms with E-state index in [9.17, 15) is 9.18 Å². The van der Waals surface area contributed by atoms with Crippen LogP contribution < -0.4 is 4.90 Å². The van der Waals surface area contributed by atoms with Gasteiger partial charge in [0.15, 0.2) is 0 Å². The molecular weight excluding hydrogens is 411 g/mol. The predicted octanol–water partition coefficient (Wildman–Crippen LogP) is 4.48. The molecule has 1 saturated heterocycles. The van der Waals surface area contributed by atoms with Crippen molar-refractivity contribution in [2.24, 2.45) is 0 Å². The lowest BCUT2D eigenvalue weighted by Gasteiger charge is -2.26. The zero-order valence-electron chi connectivity index (χ0n) is 15.6. The molecule has 1 fully saturated rings. The van der Waals surface area contributed by atoms with Gasteiger partial charge in [0.05, 0.1) is 11.7 Å². The average molecular weight is 435 g/mol. The van der Waals surface area contributed by atoms with Crippen LogP contribution in [0.4, 0.5) is 10.1 Å². The van der Waals surface area contributed by atoms with Crippen molar-refractivity contribution in [1.82, 2.24) is 4.90 Å². The van der Waals surface area contributed by atoms with Crippen molar-refractivity contribution in [1.29, 1.82) is 0 Å². The minimum Gasteiger partial charge on any atom is -0.378 e. The average Bonchev–Trinajstić information content (AvgIpc) is 3.16. The molecule has 0 saturated carbocycles. The Morgan fingerprint density at radius 2 is 1.96 bits per heavy atom. The van der Waals surface area contributed by atoms with E-state index in [4.69, 9.17) is 4.74 Å². The van der Waals surface area contributed by atoms with Crippen molar-refractivity contribution in [3.05, 3.63) is 63.9 Å². The standard InChI is InChI=1S/C21H24BrFN2O2/c1-24(2)17-8-5-15(6-9-17)13-25(14-18-4-3-11-27-18)21(26)19-12-16(23)7-10-20(19)22/h5-10,12,18H,3-4,11,13-14H2,1-2H3. The topological polar surface area (TPSA) is 32.8 Å². The van der Waals surface area contributed by atoms with E-state index in [0.29, 0.717) is 23.1 Å². The number of hydrogen-bond acceptors (Lipinski definition) is 3. The largest absolute Gasteiger partial charge is 0.378 e. The molecule has 6 heteroatoms. The van der Waals surface area contributed by atoms with Gasteiger partial charge in [-0.1, -0.05) is 12.1 Å². The summed E-state index contributed by atoms with van der Waals surface area (Å²) in [5.41, 5.74) is 2.46. The van der Waals surface area contributed by atoms with E-state index >= 15 is 0 Å². The summed E-state index contributed by atoms with van der Waals surface area (Å²) >= 11 is 3.37. The number of benzene rings is 2. The maximum atomic E-state index is 13.7. The molecule has 144 valence electrons. The van der Waals surface area contributed by atoms with Crippen LogP contribution >= 0.6 is 15.9 Å². The van der Waals surface area contributed by atoms with Crippen LogP contribution in [0.15, 0.2) is 46.9 Å². The van der Waals surface area contributed by atoms with E-state index < -0.39 is 5.82 Å². The van der Waals surface area contributed by atoms with Crippen molar-refractivity contribution in [3.8, 4) is 0 Å². The number of nitrogens with zero attached hydrogens (tertiary/aromatic N) is 2. The molecule has 0 N–H and O–H groups in total. The lowest BCUT2D eigenvalue weighted by atomic mass is 10.1. The van der Waals surface area contributed by atoms with Crippen molar-refractivity contribution >= 4 is 27.5 Å². The van der Waals surface area contributed by atoms with Crippen LogP contribution in [0.1, 0.15) is 28.8 Å². The van der Waals surface area contributed by atoms with Crippen LogP contribution in [0.5, 0.6) is 0 Å². The fraction of sp³-hybridized carbons (Fsp3) is 0.381. The van der Waals surface area contributed by atoms with Crippen LogP contribution in [0.3, 0.4) is 0 Å². The second-order valence-corrected chi connectivity index (χ2v) is 7.86. The summed E-state index contributed by atoms with van der Waals surface area (Å²) in [6.07, 6.45) is 1.98. The van der Waals surface area contributed by atoms with Gasteiger partial charge in [0.1, 0.15) is 5.82 Å². The van der Waals surface area contributed by atoms with Crippen LogP contribution in [0.2, 0.25) is 0 Å². The summed E-state index contributed by atoms with van der Waals surface area (Å²) in [5.74, 6) is -0.623. The van der Waals surface area contributed by atoms with Gasteiger partial charge in [0.25, 0.3) is 5.91 Å². The minimum atomic E-state index is -0.422. The van der Waals surface area contributed by atoms with Crippen LogP contribution in [-0.4, -0.2) is 44.2 Å². The molecule has 1 aliphatic rings. The molecule has 1 heterocycles. The summed E-state index contributed by atoms with van der Waals surface area (Å²) in [7, 11) is 3.98. The molecule has 1 aliphatic heterocycles. The van der Waals surface area contributed by atoms with Gasteiger partial charge >= 0.3 is 0 Å². The van der Waals surface area contributed by atoms with Gasteiger partial charge in [-0.25, -0.2) is 4.39 Å². The molecule has 1 atom stereocenters. The molecule has 3 rings (SSSR count). The quantitative estimate of drug-likeness (QED) is 0.671. The first-order valence-corrected chi connectivity index (χ1v) is 9.85. The Bertz CT molecular complexity index is 789. The Morgan fingerprint density at radius 1 is 1.22 bits per heavy atom. The smallest absolute Gasteiger partial charge is 0.255 e. The maximum Gasteiger partial charge on any atom is 0.255 e. The Balaban J connectivity index is 1.83. The van der Waals surface area contributed by atoms with E-state index in [-0.39, 0.29) is 12.0 Å². The van der Waals surface area contributed by atoms with Gasteiger partial charge in [0, 0.05) is 44.0 Å². The number of rotatable bonds is 6. The number of carbonyl (C=O) groups is 1. The summed E-state index contributed by atoms with van der Waals surface area (Å²) in [4.78, 5) is 16.9. The summed E-state index contributed by atoms with van der Waals surface area (Å²) in [6.45, 7) is 1.68. The number of anilines is 1. The third-order valence-corrected chi connectivity index (χ3v) is 5.41. The van der Waals surface area contributed by atoms with Gasteiger partial charge in [0.2, 0.25) is 0 Å². The molecule has 2 aromatic carbocycles. The Hall–Kier alpha value is -1.92. The van der Waals surface area contributed by atoms with Crippen LogP contribution in [-0.2, 0) is 11.3 Å². The first-order chi connectivity index (χ1) is 12.9. The molecule has 4 nitrogen and oxygen atoms in total. The van der Waals surface area contributed by atoms with E-state index in [1.54, 1.807) is 11.0 Å². The van der Waals surface area contributed by atoms with Gasteiger partial charge < -0.3 is 14.5 Å². The van der Waals surface area contributed by atoms with Gasteiger partial charge in [-0.15, -0.1) is 0 Å². The third kappa shape index (κ3) is 5.08. The highest BCUT2D eigenvalue weighted by Crippen LogP contribution is 2.23. The fourth-order valence-corrected chi connectivity index (χ4v) is 3.62. The Kier molecular flexibility index (Phi) is 6.50. The highest BCUT2D eigenvalue weighted by Gasteiger charge is 2.25.